The molecule has 0 saturated heterocycles. The number of benzene rings is 3. The molecule has 0 aliphatic heterocycles. The van der Waals surface area contributed by atoms with Crippen molar-refractivity contribution in [2.24, 2.45) is 0 Å². The van der Waals surface area contributed by atoms with Crippen molar-refractivity contribution in [1.29, 1.82) is 0 Å². The van der Waals surface area contributed by atoms with Gasteiger partial charge in [-0.15, -0.1) is 0 Å². The van der Waals surface area contributed by atoms with Crippen molar-refractivity contribution in [2.75, 3.05) is 11.9 Å². The zero-order chi connectivity index (χ0) is 16.9. The number of carbonyl (C=O) groups excluding carboxylic acids is 2. The topological polar surface area (TPSA) is 55.4 Å². The van der Waals surface area contributed by atoms with Crippen LogP contribution in [0.2, 0.25) is 0 Å². The van der Waals surface area contributed by atoms with E-state index in [1.165, 1.54) is 6.92 Å². The maximum atomic E-state index is 12.1. The Kier molecular flexibility index (Phi) is 4.57. The summed E-state index contributed by atoms with van der Waals surface area (Å²) in [6.45, 7) is 1.37. The summed E-state index contributed by atoms with van der Waals surface area (Å²) >= 11 is 0. The van der Waals surface area contributed by atoms with Crippen molar-refractivity contribution in [2.45, 2.75) is 6.92 Å². The highest BCUT2D eigenvalue weighted by molar-refractivity contribution is 6.02. The maximum absolute atomic E-state index is 12.1. The number of hydrogen-bond acceptors (Lipinski definition) is 3. The molecule has 4 heteroatoms. The van der Waals surface area contributed by atoms with E-state index in [2.05, 4.69) is 5.32 Å². The van der Waals surface area contributed by atoms with Crippen LogP contribution in [0.1, 0.15) is 17.3 Å². The van der Waals surface area contributed by atoms with E-state index in [1.54, 1.807) is 24.3 Å². The lowest BCUT2D eigenvalue weighted by molar-refractivity contribution is -0.118. The normalized spacial score (nSPS) is 10.4. The predicted molar refractivity (Wildman–Crippen MR) is 94.5 cm³/mol. The molecular formula is C20H17NO3. The molecule has 0 fully saturated rings. The lowest BCUT2D eigenvalue weighted by Gasteiger charge is -2.10. The molecule has 0 saturated carbocycles. The number of hydrogen-bond donors (Lipinski definition) is 1. The molecule has 24 heavy (non-hydrogen) atoms. The summed E-state index contributed by atoms with van der Waals surface area (Å²) in [5.74, 6) is 0.205. The Morgan fingerprint density at radius 2 is 1.71 bits per heavy atom. The van der Waals surface area contributed by atoms with E-state index in [-0.39, 0.29) is 18.3 Å². The van der Waals surface area contributed by atoms with Crippen LogP contribution in [-0.2, 0) is 4.79 Å². The van der Waals surface area contributed by atoms with Crippen molar-refractivity contribution in [3.8, 4) is 5.75 Å². The second kappa shape index (κ2) is 6.96. The molecule has 0 heterocycles. The largest absolute Gasteiger partial charge is 0.484 e. The quantitative estimate of drug-likeness (QED) is 0.722. The zero-order valence-corrected chi connectivity index (χ0v) is 13.3. The number of carbonyl (C=O) groups is 2. The van der Waals surface area contributed by atoms with Crippen LogP contribution >= 0.6 is 0 Å². The predicted octanol–water partition coefficient (Wildman–Crippen LogP) is 4.06. The second-order valence-electron chi connectivity index (χ2n) is 5.45. The number of ether oxygens (including phenoxy) is 1. The first-order valence-electron chi connectivity index (χ1n) is 7.65. The highest BCUT2D eigenvalue weighted by Crippen LogP contribution is 2.23. The van der Waals surface area contributed by atoms with Gasteiger partial charge in [-0.3, -0.25) is 9.59 Å². The second-order valence-corrected chi connectivity index (χ2v) is 5.45. The van der Waals surface area contributed by atoms with E-state index in [9.17, 15) is 9.59 Å². The molecule has 0 aromatic heterocycles. The Balaban J connectivity index is 1.67. The first kappa shape index (κ1) is 15.7. The summed E-state index contributed by atoms with van der Waals surface area (Å²) in [6.07, 6.45) is 0. The minimum atomic E-state index is -0.250. The van der Waals surface area contributed by atoms with Gasteiger partial charge in [0.05, 0.1) is 0 Å². The Morgan fingerprint density at radius 3 is 2.54 bits per heavy atom. The SMILES string of the molecule is CC(=O)c1cccc(OCC(=O)Nc2cccc3ccccc23)c1. The first-order valence-corrected chi connectivity index (χ1v) is 7.65. The average Bonchev–Trinajstić information content (AvgIpc) is 2.60. The van der Waals surface area contributed by atoms with Crippen molar-refractivity contribution < 1.29 is 14.3 Å². The fourth-order valence-electron chi connectivity index (χ4n) is 2.47. The number of anilines is 1. The van der Waals surface area contributed by atoms with E-state index in [0.717, 1.165) is 16.5 Å². The van der Waals surface area contributed by atoms with Crippen molar-refractivity contribution in [3.63, 3.8) is 0 Å². The number of nitrogens with one attached hydrogen (secondary N) is 1. The minimum Gasteiger partial charge on any atom is -0.484 e. The van der Waals surface area contributed by atoms with E-state index in [1.807, 2.05) is 42.5 Å². The summed E-state index contributed by atoms with van der Waals surface area (Å²) in [4.78, 5) is 23.5. The monoisotopic (exact) mass is 319 g/mol. The number of rotatable bonds is 5. The van der Waals surface area contributed by atoms with Gasteiger partial charge in [-0.25, -0.2) is 0 Å². The van der Waals surface area contributed by atoms with Gasteiger partial charge in [0.25, 0.3) is 5.91 Å². The minimum absolute atomic E-state index is 0.0411. The Hall–Kier alpha value is -3.14. The van der Waals surface area contributed by atoms with Crippen molar-refractivity contribution in [3.05, 3.63) is 72.3 Å². The molecule has 3 aromatic carbocycles. The third-order valence-corrected chi connectivity index (χ3v) is 3.67. The Labute approximate surface area is 140 Å². The molecule has 0 aliphatic rings. The van der Waals surface area contributed by atoms with E-state index >= 15 is 0 Å². The number of amides is 1. The van der Waals surface area contributed by atoms with Gasteiger partial charge in [0.15, 0.2) is 12.4 Å². The molecule has 120 valence electrons. The van der Waals surface area contributed by atoms with Gasteiger partial charge < -0.3 is 10.1 Å². The summed E-state index contributed by atoms with van der Waals surface area (Å²) in [5.41, 5.74) is 1.31. The molecule has 0 aliphatic carbocycles. The fraction of sp³-hybridized carbons (Fsp3) is 0.100. The van der Waals surface area contributed by atoms with Gasteiger partial charge in [-0.1, -0.05) is 48.5 Å². The Bertz CT molecular complexity index is 897. The smallest absolute Gasteiger partial charge is 0.262 e. The molecule has 3 aromatic rings. The zero-order valence-electron chi connectivity index (χ0n) is 13.3. The number of ketones is 1. The molecule has 4 nitrogen and oxygen atoms in total. The standard InChI is InChI=1S/C20H17NO3/c1-14(22)16-8-4-9-17(12-16)24-13-20(23)21-19-11-5-7-15-6-2-3-10-18(15)19/h2-12H,13H2,1H3,(H,21,23). The number of fused-ring (bicyclic) bond motifs is 1. The molecule has 0 radical (unpaired) electrons. The van der Waals surface area contributed by atoms with E-state index in [0.29, 0.717) is 11.3 Å². The van der Waals surface area contributed by atoms with Crippen LogP contribution in [-0.4, -0.2) is 18.3 Å². The van der Waals surface area contributed by atoms with Crippen LogP contribution in [0.25, 0.3) is 10.8 Å². The first-order chi connectivity index (χ1) is 11.6. The van der Waals surface area contributed by atoms with Gasteiger partial charge in [-0.2, -0.15) is 0 Å². The van der Waals surface area contributed by atoms with Gasteiger partial charge in [-0.05, 0) is 30.5 Å². The molecule has 3 rings (SSSR count). The molecule has 0 bridgehead atoms. The van der Waals surface area contributed by atoms with Gasteiger partial charge in [0.2, 0.25) is 0 Å². The van der Waals surface area contributed by atoms with Crippen LogP contribution in [0.15, 0.2) is 66.7 Å². The third-order valence-electron chi connectivity index (χ3n) is 3.67. The molecule has 1 N–H and O–H groups in total. The van der Waals surface area contributed by atoms with Crippen molar-refractivity contribution in [1.82, 2.24) is 0 Å². The van der Waals surface area contributed by atoms with Crippen LogP contribution in [0, 0.1) is 0 Å². The lowest BCUT2D eigenvalue weighted by Crippen LogP contribution is -2.20. The summed E-state index contributed by atoms with van der Waals surface area (Å²) < 4.78 is 5.48. The van der Waals surface area contributed by atoms with E-state index in [4.69, 9.17) is 4.74 Å². The maximum Gasteiger partial charge on any atom is 0.262 e. The summed E-state index contributed by atoms with van der Waals surface area (Å²) in [5, 5.41) is 4.90. The number of Topliss-reactive ketones (excluding diaryl/α,β-unsaturated/α-hetero) is 1. The van der Waals surface area contributed by atoms with Crippen LogP contribution in [0.4, 0.5) is 5.69 Å². The molecular weight excluding hydrogens is 302 g/mol. The molecule has 0 unspecified atom stereocenters. The lowest BCUT2D eigenvalue weighted by atomic mass is 10.1. The summed E-state index contributed by atoms with van der Waals surface area (Å²) in [6, 6.07) is 20.4. The molecule has 1 amide bonds. The highest BCUT2D eigenvalue weighted by Gasteiger charge is 2.07. The summed E-state index contributed by atoms with van der Waals surface area (Å²) in [7, 11) is 0. The van der Waals surface area contributed by atoms with Gasteiger partial charge in [0, 0.05) is 16.6 Å². The van der Waals surface area contributed by atoms with Crippen molar-refractivity contribution >= 4 is 28.2 Å². The van der Waals surface area contributed by atoms with E-state index < -0.39 is 0 Å². The Morgan fingerprint density at radius 1 is 0.958 bits per heavy atom. The van der Waals surface area contributed by atoms with Crippen LogP contribution < -0.4 is 10.1 Å². The third kappa shape index (κ3) is 3.60. The fourth-order valence-corrected chi connectivity index (χ4v) is 2.47. The molecule has 0 spiro atoms. The van der Waals surface area contributed by atoms with Crippen LogP contribution in [0.5, 0.6) is 5.75 Å². The van der Waals surface area contributed by atoms with Gasteiger partial charge in [0.1, 0.15) is 5.75 Å². The van der Waals surface area contributed by atoms with Gasteiger partial charge >= 0.3 is 0 Å². The highest BCUT2D eigenvalue weighted by atomic mass is 16.5. The molecule has 0 atom stereocenters. The average molecular weight is 319 g/mol. The van der Waals surface area contributed by atoms with Crippen LogP contribution in [0.3, 0.4) is 0 Å².